The van der Waals surface area contributed by atoms with E-state index in [9.17, 15) is 4.79 Å². The monoisotopic (exact) mass is 267 g/mol. The first-order valence-electron chi connectivity index (χ1n) is 7.83. The molecule has 0 radical (unpaired) electrons. The molecule has 1 N–H and O–H groups in total. The van der Waals surface area contributed by atoms with Gasteiger partial charge in [-0.05, 0) is 39.3 Å². The van der Waals surface area contributed by atoms with Crippen LogP contribution in [0.5, 0.6) is 0 Å². The van der Waals surface area contributed by atoms with Gasteiger partial charge in [0.25, 0.3) is 0 Å². The van der Waals surface area contributed by atoms with Crippen molar-refractivity contribution in [3.05, 3.63) is 0 Å². The Bertz CT molecular complexity index is 313. The van der Waals surface area contributed by atoms with Crippen molar-refractivity contribution in [2.24, 2.45) is 5.41 Å². The van der Waals surface area contributed by atoms with Gasteiger partial charge in [0.05, 0.1) is 5.41 Å². The highest BCUT2D eigenvalue weighted by atomic mass is 16.2. The summed E-state index contributed by atoms with van der Waals surface area (Å²) in [5.74, 6) is 0.397. The third-order valence-electron chi connectivity index (χ3n) is 5.14. The number of piperazine rings is 1. The Balaban J connectivity index is 2.05. The number of piperidine rings is 1. The van der Waals surface area contributed by atoms with E-state index in [-0.39, 0.29) is 5.41 Å². The summed E-state index contributed by atoms with van der Waals surface area (Å²) in [6.45, 7) is 9.13. The highest BCUT2D eigenvalue weighted by Crippen LogP contribution is 2.33. The van der Waals surface area contributed by atoms with E-state index in [0.717, 1.165) is 58.4 Å². The lowest BCUT2D eigenvalue weighted by Gasteiger charge is -2.45. The summed E-state index contributed by atoms with van der Waals surface area (Å²) in [6.07, 6.45) is 4.27. The molecule has 1 amide bonds. The van der Waals surface area contributed by atoms with Gasteiger partial charge in [0, 0.05) is 32.2 Å². The zero-order valence-electron chi connectivity index (χ0n) is 12.7. The van der Waals surface area contributed by atoms with Gasteiger partial charge in [-0.25, -0.2) is 0 Å². The molecule has 2 fully saturated rings. The number of nitrogens with zero attached hydrogens (tertiary/aromatic N) is 2. The molecule has 2 aliphatic heterocycles. The van der Waals surface area contributed by atoms with Gasteiger partial charge in [-0.15, -0.1) is 0 Å². The van der Waals surface area contributed by atoms with Gasteiger partial charge in [0.1, 0.15) is 0 Å². The summed E-state index contributed by atoms with van der Waals surface area (Å²) in [4.78, 5) is 17.5. The lowest BCUT2D eigenvalue weighted by Crippen LogP contribution is -2.58. The Kier molecular flexibility index (Phi) is 4.85. The van der Waals surface area contributed by atoms with E-state index in [1.165, 1.54) is 0 Å². The Hall–Kier alpha value is -0.610. The van der Waals surface area contributed by atoms with E-state index in [2.05, 4.69) is 36.0 Å². The SMILES string of the molecule is CCC1CN(C(=O)C2(CC)CCCNC2)CCN1C. The normalized spacial score (nSPS) is 33.4. The lowest BCUT2D eigenvalue weighted by atomic mass is 9.77. The van der Waals surface area contributed by atoms with Crippen LogP contribution in [0.4, 0.5) is 0 Å². The van der Waals surface area contributed by atoms with Crippen LogP contribution in [0.2, 0.25) is 0 Å². The van der Waals surface area contributed by atoms with Crippen LogP contribution in [0, 0.1) is 5.41 Å². The average Bonchev–Trinajstić information content (AvgIpc) is 2.47. The topological polar surface area (TPSA) is 35.6 Å². The van der Waals surface area contributed by atoms with E-state index in [4.69, 9.17) is 0 Å². The van der Waals surface area contributed by atoms with Gasteiger partial charge >= 0.3 is 0 Å². The Morgan fingerprint density at radius 3 is 2.74 bits per heavy atom. The molecule has 0 saturated carbocycles. The minimum Gasteiger partial charge on any atom is -0.339 e. The fourth-order valence-corrected chi connectivity index (χ4v) is 3.51. The van der Waals surface area contributed by atoms with Crippen LogP contribution in [0.25, 0.3) is 0 Å². The van der Waals surface area contributed by atoms with Crippen molar-refractivity contribution in [3.63, 3.8) is 0 Å². The van der Waals surface area contributed by atoms with Crippen LogP contribution in [0.1, 0.15) is 39.5 Å². The van der Waals surface area contributed by atoms with Gasteiger partial charge in [-0.2, -0.15) is 0 Å². The van der Waals surface area contributed by atoms with E-state index >= 15 is 0 Å². The first-order valence-corrected chi connectivity index (χ1v) is 7.83. The van der Waals surface area contributed by atoms with E-state index < -0.39 is 0 Å². The molecular formula is C15H29N3O. The Morgan fingerprint density at radius 1 is 1.37 bits per heavy atom. The minimum atomic E-state index is -0.132. The second kappa shape index (κ2) is 6.23. The predicted molar refractivity (Wildman–Crippen MR) is 78.1 cm³/mol. The molecule has 2 atom stereocenters. The minimum absolute atomic E-state index is 0.132. The van der Waals surface area contributed by atoms with E-state index in [0.29, 0.717) is 11.9 Å². The van der Waals surface area contributed by atoms with Crippen molar-refractivity contribution in [2.45, 2.75) is 45.6 Å². The zero-order chi connectivity index (χ0) is 13.9. The molecule has 0 aromatic rings. The summed E-state index contributed by atoms with van der Waals surface area (Å²) in [5.41, 5.74) is -0.132. The Morgan fingerprint density at radius 2 is 2.16 bits per heavy atom. The maximum absolute atomic E-state index is 12.9. The van der Waals surface area contributed by atoms with Crippen molar-refractivity contribution in [3.8, 4) is 0 Å². The molecule has 0 aromatic carbocycles. The number of carbonyl (C=O) groups excluding carboxylic acids is 1. The van der Waals surface area contributed by atoms with Crippen molar-refractivity contribution in [1.82, 2.24) is 15.1 Å². The number of carbonyl (C=O) groups is 1. The van der Waals surface area contributed by atoms with Crippen LogP contribution in [0.15, 0.2) is 0 Å². The van der Waals surface area contributed by atoms with Crippen LogP contribution >= 0.6 is 0 Å². The molecule has 4 heteroatoms. The first kappa shape index (κ1) is 14.8. The number of likely N-dealkylation sites (N-methyl/N-ethyl adjacent to an activating group) is 1. The number of amides is 1. The molecule has 19 heavy (non-hydrogen) atoms. The summed E-state index contributed by atoms with van der Waals surface area (Å²) >= 11 is 0. The number of rotatable bonds is 3. The molecule has 2 aliphatic rings. The standard InChI is InChI=1S/C15H29N3O/c1-4-13-11-18(10-9-17(13)3)14(19)15(5-2)7-6-8-16-12-15/h13,16H,4-12H2,1-3H3. The summed E-state index contributed by atoms with van der Waals surface area (Å²) in [7, 11) is 2.17. The number of hydrogen-bond donors (Lipinski definition) is 1. The largest absolute Gasteiger partial charge is 0.339 e. The first-order chi connectivity index (χ1) is 9.13. The summed E-state index contributed by atoms with van der Waals surface area (Å²) in [6, 6.07) is 0.531. The molecule has 2 saturated heterocycles. The predicted octanol–water partition coefficient (Wildman–Crippen LogP) is 1.32. The maximum Gasteiger partial charge on any atom is 0.230 e. The summed E-state index contributed by atoms with van der Waals surface area (Å²) in [5, 5.41) is 3.42. The van der Waals surface area contributed by atoms with Gasteiger partial charge in [0.15, 0.2) is 0 Å². The highest BCUT2D eigenvalue weighted by Gasteiger charge is 2.41. The van der Waals surface area contributed by atoms with Gasteiger partial charge in [-0.1, -0.05) is 13.8 Å². The third-order valence-corrected chi connectivity index (χ3v) is 5.14. The molecule has 110 valence electrons. The second-order valence-corrected chi connectivity index (χ2v) is 6.21. The smallest absolute Gasteiger partial charge is 0.230 e. The molecule has 0 aliphatic carbocycles. The molecular weight excluding hydrogens is 238 g/mol. The van der Waals surface area contributed by atoms with Crippen molar-refractivity contribution < 1.29 is 4.79 Å². The summed E-state index contributed by atoms with van der Waals surface area (Å²) < 4.78 is 0. The quantitative estimate of drug-likeness (QED) is 0.838. The van der Waals surface area contributed by atoms with E-state index in [1.807, 2.05) is 0 Å². The van der Waals surface area contributed by atoms with Gasteiger partial charge in [-0.3, -0.25) is 9.69 Å². The fourth-order valence-electron chi connectivity index (χ4n) is 3.51. The van der Waals surface area contributed by atoms with Crippen LogP contribution in [-0.4, -0.2) is 61.5 Å². The molecule has 0 spiro atoms. The molecule has 2 unspecified atom stereocenters. The van der Waals surface area contributed by atoms with Crippen LogP contribution in [0.3, 0.4) is 0 Å². The zero-order valence-corrected chi connectivity index (χ0v) is 12.7. The molecule has 2 rings (SSSR count). The molecule has 4 nitrogen and oxygen atoms in total. The lowest BCUT2D eigenvalue weighted by molar-refractivity contribution is -0.146. The maximum atomic E-state index is 12.9. The highest BCUT2D eigenvalue weighted by molar-refractivity contribution is 5.83. The number of hydrogen-bond acceptors (Lipinski definition) is 3. The van der Waals surface area contributed by atoms with Crippen molar-refractivity contribution in [2.75, 3.05) is 39.8 Å². The Labute approximate surface area is 117 Å². The third kappa shape index (κ3) is 2.95. The van der Waals surface area contributed by atoms with Crippen molar-refractivity contribution in [1.29, 1.82) is 0 Å². The van der Waals surface area contributed by atoms with E-state index in [1.54, 1.807) is 0 Å². The van der Waals surface area contributed by atoms with Gasteiger partial charge < -0.3 is 10.2 Å². The van der Waals surface area contributed by atoms with Crippen molar-refractivity contribution >= 4 is 5.91 Å². The second-order valence-electron chi connectivity index (χ2n) is 6.21. The van der Waals surface area contributed by atoms with Gasteiger partial charge in [0.2, 0.25) is 5.91 Å². The fraction of sp³-hybridized carbons (Fsp3) is 0.933. The molecule has 2 heterocycles. The van der Waals surface area contributed by atoms with Crippen LogP contribution < -0.4 is 5.32 Å². The molecule has 0 bridgehead atoms. The van der Waals surface area contributed by atoms with Crippen LogP contribution in [-0.2, 0) is 4.79 Å². The number of nitrogens with one attached hydrogen (secondary N) is 1. The molecule has 0 aromatic heterocycles. The average molecular weight is 267 g/mol.